The van der Waals surface area contributed by atoms with Crippen LogP contribution < -0.4 is 5.32 Å². The fraction of sp³-hybridized carbons (Fsp3) is 0.857. The Bertz CT molecular complexity index is 373. The van der Waals surface area contributed by atoms with Gasteiger partial charge in [0.1, 0.15) is 0 Å². The highest BCUT2D eigenvalue weighted by molar-refractivity contribution is 4.98. The van der Waals surface area contributed by atoms with Crippen LogP contribution in [0, 0.1) is 5.92 Å². The minimum Gasteiger partial charge on any atom is -0.383 e. The topological polar surface area (TPSA) is 60.2 Å². The van der Waals surface area contributed by atoms with Gasteiger partial charge in [-0.1, -0.05) is 24.9 Å². The summed E-state index contributed by atoms with van der Waals surface area (Å²) in [5.74, 6) is 2.95. The Morgan fingerprint density at radius 1 is 1.37 bits per heavy atom. The molecule has 1 aliphatic carbocycles. The number of ether oxygens (including phenoxy) is 1. The molecule has 0 amide bonds. The van der Waals surface area contributed by atoms with Gasteiger partial charge < -0.3 is 14.6 Å². The zero-order valence-corrected chi connectivity index (χ0v) is 12.2. The lowest BCUT2D eigenvalue weighted by Crippen LogP contribution is -2.32. The summed E-state index contributed by atoms with van der Waals surface area (Å²) in [4.78, 5) is 4.56. The molecule has 0 saturated heterocycles. The first-order chi connectivity index (χ1) is 9.22. The van der Waals surface area contributed by atoms with E-state index in [0.717, 1.165) is 18.2 Å². The van der Waals surface area contributed by atoms with Gasteiger partial charge in [0, 0.05) is 25.5 Å². The van der Waals surface area contributed by atoms with E-state index in [9.17, 15) is 0 Å². The second-order valence-electron chi connectivity index (χ2n) is 5.65. The smallest absolute Gasteiger partial charge is 0.228 e. The third-order valence-electron chi connectivity index (χ3n) is 4.06. The van der Waals surface area contributed by atoms with E-state index in [1.807, 2.05) is 7.05 Å². The molecule has 1 saturated carbocycles. The fourth-order valence-corrected chi connectivity index (χ4v) is 2.69. The molecule has 1 fully saturated rings. The van der Waals surface area contributed by atoms with E-state index >= 15 is 0 Å². The fourth-order valence-electron chi connectivity index (χ4n) is 2.69. The first-order valence-corrected chi connectivity index (χ1v) is 7.21. The number of nitrogens with one attached hydrogen (secondary N) is 1. The number of nitrogens with zero attached hydrogens (tertiary/aromatic N) is 2. The van der Waals surface area contributed by atoms with Crippen molar-refractivity contribution in [2.75, 3.05) is 20.8 Å². The Labute approximate surface area is 115 Å². The van der Waals surface area contributed by atoms with Crippen molar-refractivity contribution in [3.05, 3.63) is 11.7 Å². The van der Waals surface area contributed by atoms with Crippen LogP contribution in [0.1, 0.15) is 50.2 Å². The lowest BCUT2D eigenvalue weighted by Gasteiger charge is -2.23. The van der Waals surface area contributed by atoms with Crippen molar-refractivity contribution in [1.29, 1.82) is 0 Å². The Morgan fingerprint density at radius 3 is 2.74 bits per heavy atom. The SMILES string of the molecule is CNC(COC)Cc1nc(C2CCC(C)CC2)no1. The molecule has 1 heterocycles. The molecule has 2 rings (SSSR count). The first-order valence-electron chi connectivity index (χ1n) is 7.21. The molecular formula is C14H25N3O2. The molecule has 0 aromatic carbocycles. The lowest BCUT2D eigenvalue weighted by atomic mass is 9.83. The second-order valence-corrected chi connectivity index (χ2v) is 5.65. The van der Waals surface area contributed by atoms with Crippen molar-refractivity contribution in [3.8, 4) is 0 Å². The van der Waals surface area contributed by atoms with E-state index in [4.69, 9.17) is 9.26 Å². The number of hydrogen-bond acceptors (Lipinski definition) is 5. The van der Waals surface area contributed by atoms with E-state index in [0.29, 0.717) is 18.4 Å². The van der Waals surface area contributed by atoms with Crippen LogP contribution in [0.3, 0.4) is 0 Å². The summed E-state index contributed by atoms with van der Waals surface area (Å²) in [5.41, 5.74) is 0. The van der Waals surface area contributed by atoms with Crippen molar-refractivity contribution in [3.63, 3.8) is 0 Å². The van der Waals surface area contributed by atoms with Crippen molar-refractivity contribution in [1.82, 2.24) is 15.5 Å². The standard InChI is InChI=1S/C14H25N3O2/c1-10-4-6-11(7-5-10)14-16-13(19-17-14)8-12(15-2)9-18-3/h10-12,15H,4-9H2,1-3H3. The van der Waals surface area contributed by atoms with Gasteiger partial charge in [0.25, 0.3) is 0 Å². The predicted molar refractivity (Wildman–Crippen MR) is 73.1 cm³/mol. The molecule has 1 atom stereocenters. The molecule has 5 nitrogen and oxygen atoms in total. The molecule has 1 N–H and O–H groups in total. The number of rotatable bonds is 6. The number of hydrogen-bond donors (Lipinski definition) is 1. The molecule has 1 aromatic rings. The van der Waals surface area contributed by atoms with Gasteiger partial charge in [-0.05, 0) is 25.8 Å². The Kier molecular flexibility index (Phi) is 5.34. The quantitative estimate of drug-likeness (QED) is 0.855. The summed E-state index contributed by atoms with van der Waals surface area (Å²) in [5, 5.41) is 7.35. The van der Waals surface area contributed by atoms with Crippen LogP contribution in [0.2, 0.25) is 0 Å². The average Bonchev–Trinajstić information content (AvgIpc) is 2.87. The third-order valence-corrected chi connectivity index (χ3v) is 4.06. The first kappa shape index (κ1) is 14.5. The molecule has 0 spiro atoms. The predicted octanol–water partition coefficient (Wildman–Crippen LogP) is 2.14. The summed E-state index contributed by atoms with van der Waals surface area (Å²) in [7, 11) is 3.62. The zero-order chi connectivity index (χ0) is 13.7. The van der Waals surface area contributed by atoms with Gasteiger partial charge in [0.05, 0.1) is 6.61 Å². The second kappa shape index (κ2) is 7.01. The van der Waals surface area contributed by atoms with Crippen LogP contribution in [0.25, 0.3) is 0 Å². The Balaban J connectivity index is 1.91. The maximum atomic E-state index is 5.37. The maximum absolute atomic E-state index is 5.37. The number of methoxy groups -OCH3 is 1. The number of likely N-dealkylation sites (N-methyl/N-ethyl adjacent to an activating group) is 1. The molecule has 1 unspecified atom stereocenters. The summed E-state index contributed by atoms with van der Waals surface area (Å²) >= 11 is 0. The van der Waals surface area contributed by atoms with Crippen molar-refractivity contribution >= 4 is 0 Å². The van der Waals surface area contributed by atoms with Gasteiger partial charge >= 0.3 is 0 Å². The highest BCUT2D eigenvalue weighted by Gasteiger charge is 2.24. The van der Waals surface area contributed by atoms with Crippen LogP contribution >= 0.6 is 0 Å². The van der Waals surface area contributed by atoms with E-state index < -0.39 is 0 Å². The van der Waals surface area contributed by atoms with Crippen LogP contribution in [0.4, 0.5) is 0 Å². The number of aromatic nitrogens is 2. The monoisotopic (exact) mass is 267 g/mol. The zero-order valence-electron chi connectivity index (χ0n) is 12.2. The maximum Gasteiger partial charge on any atom is 0.228 e. The lowest BCUT2D eigenvalue weighted by molar-refractivity contribution is 0.165. The normalized spacial score (nSPS) is 25.4. The summed E-state index contributed by atoms with van der Waals surface area (Å²) in [6.45, 7) is 2.97. The van der Waals surface area contributed by atoms with E-state index in [1.165, 1.54) is 25.7 Å². The van der Waals surface area contributed by atoms with Gasteiger partial charge in [0.2, 0.25) is 5.89 Å². The van der Waals surface area contributed by atoms with E-state index in [-0.39, 0.29) is 6.04 Å². The molecule has 0 aliphatic heterocycles. The molecule has 5 heteroatoms. The molecular weight excluding hydrogens is 242 g/mol. The van der Waals surface area contributed by atoms with Crippen LogP contribution in [0.5, 0.6) is 0 Å². The van der Waals surface area contributed by atoms with Crippen LogP contribution in [-0.4, -0.2) is 36.9 Å². The van der Waals surface area contributed by atoms with Crippen molar-refractivity contribution < 1.29 is 9.26 Å². The minimum atomic E-state index is 0.227. The Morgan fingerprint density at radius 2 is 2.11 bits per heavy atom. The van der Waals surface area contributed by atoms with E-state index in [1.54, 1.807) is 7.11 Å². The van der Waals surface area contributed by atoms with Crippen molar-refractivity contribution in [2.24, 2.45) is 5.92 Å². The van der Waals surface area contributed by atoms with Gasteiger partial charge in [-0.25, -0.2) is 0 Å². The highest BCUT2D eigenvalue weighted by Crippen LogP contribution is 2.34. The molecule has 0 radical (unpaired) electrons. The van der Waals surface area contributed by atoms with Crippen LogP contribution in [-0.2, 0) is 11.2 Å². The van der Waals surface area contributed by atoms with Gasteiger partial charge in [-0.2, -0.15) is 4.98 Å². The van der Waals surface area contributed by atoms with Crippen molar-refractivity contribution in [2.45, 2.75) is 51.0 Å². The van der Waals surface area contributed by atoms with Gasteiger partial charge in [-0.15, -0.1) is 0 Å². The average molecular weight is 267 g/mol. The molecule has 1 aliphatic rings. The van der Waals surface area contributed by atoms with Gasteiger partial charge in [0.15, 0.2) is 5.82 Å². The largest absolute Gasteiger partial charge is 0.383 e. The summed E-state index contributed by atoms with van der Waals surface area (Å²) in [6, 6.07) is 0.227. The third kappa shape index (κ3) is 4.01. The molecule has 1 aromatic heterocycles. The Hall–Kier alpha value is -0.940. The van der Waals surface area contributed by atoms with Crippen LogP contribution in [0.15, 0.2) is 4.52 Å². The van der Waals surface area contributed by atoms with E-state index in [2.05, 4.69) is 22.4 Å². The molecule has 108 valence electrons. The summed E-state index contributed by atoms with van der Waals surface area (Å²) in [6.07, 6.45) is 5.65. The van der Waals surface area contributed by atoms with Gasteiger partial charge in [-0.3, -0.25) is 0 Å². The highest BCUT2D eigenvalue weighted by atomic mass is 16.5. The minimum absolute atomic E-state index is 0.227. The summed E-state index contributed by atoms with van der Waals surface area (Å²) < 4.78 is 10.5. The molecule has 19 heavy (non-hydrogen) atoms. The molecule has 0 bridgehead atoms.